The molecule has 1 aliphatic rings. The van der Waals surface area contributed by atoms with Gasteiger partial charge in [0.15, 0.2) is 11.0 Å². The molecule has 1 aromatic heterocycles. The second-order valence-electron chi connectivity index (χ2n) is 8.17. The van der Waals surface area contributed by atoms with Gasteiger partial charge in [0.2, 0.25) is 5.91 Å². The molecule has 1 aromatic carbocycles. The van der Waals surface area contributed by atoms with Crippen molar-refractivity contribution in [3.05, 3.63) is 29.8 Å². The number of piperazine rings is 1. The monoisotopic (exact) mass is 387 g/mol. The molecule has 0 aliphatic carbocycles. The Labute approximate surface area is 165 Å². The Morgan fingerprint density at radius 1 is 1.04 bits per heavy atom. The molecule has 0 radical (unpaired) electrons. The summed E-state index contributed by atoms with van der Waals surface area (Å²) in [5.74, 6) is 1.40. The Morgan fingerprint density at radius 2 is 1.67 bits per heavy atom. The first kappa shape index (κ1) is 19.9. The highest BCUT2D eigenvalue weighted by Crippen LogP contribution is 2.27. The van der Waals surface area contributed by atoms with Crippen molar-refractivity contribution < 1.29 is 4.79 Å². The summed E-state index contributed by atoms with van der Waals surface area (Å²) in [5.41, 5.74) is 2.46. The van der Waals surface area contributed by atoms with E-state index in [4.69, 9.17) is 0 Å². The van der Waals surface area contributed by atoms with Crippen LogP contribution in [0.2, 0.25) is 0 Å². The third kappa shape index (κ3) is 4.71. The Morgan fingerprint density at radius 3 is 2.26 bits per heavy atom. The van der Waals surface area contributed by atoms with E-state index in [9.17, 15) is 4.79 Å². The lowest BCUT2D eigenvalue weighted by Crippen LogP contribution is -2.47. The van der Waals surface area contributed by atoms with E-state index < -0.39 is 0 Å². The van der Waals surface area contributed by atoms with Crippen LogP contribution in [0.1, 0.15) is 26.3 Å². The Hall–Kier alpha value is -1.86. The predicted octanol–water partition coefficient (Wildman–Crippen LogP) is 2.65. The zero-order valence-corrected chi connectivity index (χ0v) is 17.7. The number of hydrogen-bond acceptors (Lipinski definition) is 5. The normalized spacial score (nSPS) is 16.0. The lowest BCUT2D eigenvalue weighted by atomic mass is 9.87. The maximum atomic E-state index is 12.4. The highest BCUT2D eigenvalue weighted by molar-refractivity contribution is 7.99. The quantitative estimate of drug-likeness (QED) is 0.755. The lowest BCUT2D eigenvalue weighted by molar-refractivity contribution is -0.129. The fourth-order valence-corrected chi connectivity index (χ4v) is 3.90. The van der Waals surface area contributed by atoms with Crippen LogP contribution in [0.3, 0.4) is 0 Å². The molecular formula is C20H29N5OS. The van der Waals surface area contributed by atoms with E-state index in [1.54, 1.807) is 0 Å². The van der Waals surface area contributed by atoms with Crippen LogP contribution in [0.25, 0.3) is 11.4 Å². The van der Waals surface area contributed by atoms with Gasteiger partial charge >= 0.3 is 0 Å². The van der Waals surface area contributed by atoms with Crippen LogP contribution in [0.4, 0.5) is 0 Å². The molecule has 0 unspecified atom stereocenters. The molecule has 1 aliphatic heterocycles. The summed E-state index contributed by atoms with van der Waals surface area (Å²) in [4.78, 5) is 16.6. The average molecular weight is 388 g/mol. The number of hydrogen-bond donors (Lipinski definition) is 0. The van der Waals surface area contributed by atoms with Crippen molar-refractivity contribution in [1.82, 2.24) is 24.6 Å². The van der Waals surface area contributed by atoms with Crippen LogP contribution >= 0.6 is 11.8 Å². The van der Waals surface area contributed by atoms with Crippen molar-refractivity contribution in [2.24, 2.45) is 7.05 Å². The standard InChI is InChI=1S/C20H29N5OS/c1-20(2,3)16-8-6-15(7-9-16)18-21-22-19(24(18)5)27-14-17(26)25-12-10-23(4)11-13-25/h6-9H,10-14H2,1-5H3. The molecule has 27 heavy (non-hydrogen) atoms. The molecule has 0 saturated carbocycles. The topological polar surface area (TPSA) is 54.3 Å². The number of likely N-dealkylation sites (N-methyl/N-ethyl adjacent to an activating group) is 1. The van der Waals surface area contributed by atoms with Gasteiger partial charge in [-0.05, 0) is 18.0 Å². The van der Waals surface area contributed by atoms with E-state index >= 15 is 0 Å². The number of benzene rings is 1. The van der Waals surface area contributed by atoms with Crippen molar-refractivity contribution in [1.29, 1.82) is 0 Å². The van der Waals surface area contributed by atoms with Crippen molar-refractivity contribution in [2.45, 2.75) is 31.3 Å². The summed E-state index contributed by atoms with van der Waals surface area (Å²) in [6, 6.07) is 8.48. The van der Waals surface area contributed by atoms with Crippen LogP contribution in [0.5, 0.6) is 0 Å². The fourth-order valence-electron chi connectivity index (χ4n) is 3.08. The molecule has 0 spiro atoms. The van der Waals surface area contributed by atoms with Gasteiger partial charge in [0.25, 0.3) is 0 Å². The molecule has 2 aromatic rings. The number of carbonyl (C=O) groups excluding carboxylic acids is 1. The maximum absolute atomic E-state index is 12.4. The summed E-state index contributed by atoms with van der Waals surface area (Å²) < 4.78 is 1.97. The largest absolute Gasteiger partial charge is 0.339 e. The van der Waals surface area contributed by atoms with E-state index in [0.717, 1.165) is 42.7 Å². The Kier molecular flexibility index (Phi) is 5.91. The van der Waals surface area contributed by atoms with Gasteiger partial charge in [0.05, 0.1) is 5.75 Å². The minimum Gasteiger partial charge on any atom is -0.339 e. The highest BCUT2D eigenvalue weighted by Gasteiger charge is 2.20. The van der Waals surface area contributed by atoms with Gasteiger partial charge in [0.1, 0.15) is 0 Å². The number of carbonyl (C=O) groups is 1. The molecule has 1 fully saturated rings. The number of thioether (sulfide) groups is 1. The molecular weight excluding hydrogens is 358 g/mol. The van der Waals surface area contributed by atoms with Gasteiger partial charge in [0, 0.05) is 38.8 Å². The van der Waals surface area contributed by atoms with Crippen LogP contribution in [-0.2, 0) is 17.3 Å². The highest BCUT2D eigenvalue weighted by atomic mass is 32.2. The van der Waals surface area contributed by atoms with Gasteiger partial charge in [-0.1, -0.05) is 56.8 Å². The molecule has 1 amide bonds. The predicted molar refractivity (Wildman–Crippen MR) is 110 cm³/mol. The third-order valence-electron chi connectivity index (χ3n) is 5.02. The van der Waals surface area contributed by atoms with Crippen LogP contribution in [-0.4, -0.2) is 69.5 Å². The van der Waals surface area contributed by atoms with Crippen molar-refractivity contribution >= 4 is 17.7 Å². The van der Waals surface area contributed by atoms with E-state index in [1.807, 2.05) is 16.5 Å². The van der Waals surface area contributed by atoms with Crippen LogP contribution in [0, 0.1) is 0 Å². The zero-order chi connectivity index (χ0) is 19.6. The molecule has 1 saturated heterocycles. The summed E-state index contributed by atoms with van der Waals surface area (Å²) in [5, 5.41) is 9.40. The lowest BCUT2D eigenvalue weighted by Gasteiger charge is -2.32. The molecule has 7 heteroatoms. The van der Waals surface area contributed by atoms with Crippen molar-refractivity contribution in [3.63, 3.8) is 0 Å². The van der Waals surface area contributed by atoms with Gasteiger partial charge in [-0.25, -0.2) is 0 Å². The van der Waals surface area contributed by atoms with E-state index in [1.165, 1.54) is 17.3 Å². The molecule has 0 N–H and O–H groups in total. The van der Waals surface area contributed by atoms with E-state index in [0.29, 0.717) is 5.75 Å². The third-order valence-corrected chi connectivity index (χ3v) is 6.03. The summed E-state index contributed by atoms with van der Waals surface area (Å²) in [6.07, 6.45) is 0. The molecule has 6 nitrogen and oxygen atoms in total. The van der Waals surface area contributed by atoms with Crippen molar-refractivity contribution in [2.75, 3.05) is 39.0 Å². The van der Waals surface area contributed by atoms with Gasteiger partial charge in [-0.15, -0.1) is 10.2 Å². The SMILES string of the molecule is CN1CCN(C(=O)CSc2nnc(-c3ccc(C(C)(C)C)cc3)n2C)CC1. The molecule has 2 heterocycles. The van der Waals surface area contributed by atoms with Gasteiger partial charge < -0.3 is 14.4 Å². The van der Waals surface area contributed by atoms with Gasteiger partial charge in [-0.2, -0.15) is 0 Å². The summed E-state index contributed by atoms with van der Waals surface area (Å²) >= 11 is 1.46. The number of amides is 1. The minimum atomic E-state index is 0.128. The first-order valence-corrected chi connectivity index (χ1v) is 10.3. The zero-order valence-electron chi connectivity index (χ0n) is 16.9. The molecule has 0 atom stereocenters. The van der Waals surface area contributed by atoms with Crippen LogP contribution in [0.15, 0.2) is 29.4 Å². The number of aromatic nitrogens is 3. The second kappa shape index (κ2) is 8.02. The molecule has 146 valence electrons. The van der Waals surface area contributed by atoms with E-state index in [-0.39, 0.29) is 11.3 Å². The van der Waals surface area contributed by atoms with Crippen LogP contribution < -0.4 is 0 Å². The second-order valence-corrected chi connectivity index (χ2v) is 9.11. The van der Waals surface area contributed by atoms with Crippen molar-refractivity contribution in [3.8, 4) is 11.4 Å². The smallest absolute Gasteiger partial charge is 0.233 e. The van der Waals surface area contributed by atoms with E-state index in [2.05, 4.69) is 67.2 Å². The fraction of sp³-hybridized carbons (Fsp3) is 0.550. The maximum Gasteiger partial charge on any atom is 0.233 e. The number of nitrogens with zero attached hydrogens (tertiary/aromatic N) is 5. The van der Waals surface area contributed by atoms with Gasteiger partial charge in [-0.3, -0.25) is 4.79 Å². The average Bonchev–Trinajstić information content (AvgIpc) is 3.00. The summed E-state index contributed by atoms with van der Waals surface area (Å²) in [7, 11) is 4.04. The minimum absolute atomic E-state index is 0.128. The molecule has 0 bridgehead atoms. The Bertz CT molecular complexity index is 786. The summed E-state index contributed by atoms with van der Waals surface area (Å²) in [6.45, 7) is 10.1. The first-order chi connectivity index (χ1) is 12.8. The number of rotatable bonds is 4. The Balaban J connectivity index is 1.64. The molecule has 3 rings (SSSR count). The first-order valence-electron chi connectivity index (χ1n) is 9.35.